The molecule has 1 saturated heterocycles. The highest BCUT2D eigenvalue weighted by atomic mass is 16.6. The lowest BCUT2D eigenvalue weighted by Crippen LogP contribution is -2.59. The fourth-order valence-electron chi connectivity index (χ4n) is 6.14. The van der Waals surface area contributed by atoms with Gasteiger partial charge in [0.1, 0.15) is 35.1 Å². The number of carbonyl (C=O) groups is 4. The summed E-state index contributed by atoms with van der Waals surface area (Å²) >= 11 is 0. The molecule has 2 fully saturated rings. The van der Waals surface area contributed by atoms with E-state index >= 15 is 0 Å². The number of aromatic nitrogens is 1. The van der Waals surface area contributed by atoms with Crippen LogP contribution in [0.15, 0.2) is 42.6 Å². The van der Waals surface area contributed by atoms with Crippen LogP contribution in [0.1, 0.15) is 53.4 Å². The fourth-order valence-corrected chi connectivity index (χ4v) is 6.14. The second kappa shape index (κ2) is 13.8. The molecule has 0 bridgehead atoms. The Hall–Kier alpha value is -4.39. The van der Waals surface area contributed by atoms with Gasteiger partial charge in [-0.1, -0.05) is 12.2 Å². The first-order chi connectivity index (χ1) is 22.3. The Morgan fingerprint density at radius 3 is 2.68 bits per heavy atom. The van der Waals surface area contributed by atoms with Crippen molar-refractivity contribution in [1.29, 1.82) is 0 Å². The monoisotopic (exact) mass is 652 g/mol. The molecule has 1 saturated carbocycles. The molecule has 3 heterocycles. The number of methoxy groups -OCH3 is 2. The number of rotatable bonds is 5. The third-order valence-corrected chi connectivity index (χ3v) is 8.64. The average Bonchev–Trinajstić information content (AvgIpc) is 3.55. The minimum Gasteiger partial charge on any atom is -0.497 e. The van der Waals surface area contributed by atoms with E-state index < -0.39 is 59.3 Å². The van der Waals surface area contributed by atoms with Gasteiger partial charge in [0, 0.05) is 30.5 Å². The average molecular weight is 653 g/mol. The van der Waals surface area contributed by atoms with Crippen LogP contribution in [-0.4, -0.2) is 96.6 Å². The predicted molar refractivity (Wildman–Crippen MR) is 171 cm³/mol. The molecule has 0 unspecified atom stereocenters. The van der Waals surface area contributed by atoms with E-state index in [1.165, 1.54) is 12.0 Å². The second-order valence-electron chi connectivity index (χ2n) is 13.2. The standard InChI is InChI=1S/C34H44N4O9/c1-20-27(36-32(42)47-33(2,3)4)30(40)38-19-24(46-29-25-12-11-23(43-5)16-21(25)13-14-35-29)17-26(38)28(39)37-34(31(41)44-6)18-22(34)10-8-7-9-15-45-20/h8,10-14,16,20,22,24,26-27H,7,9,15,17-19H2,1-6H3,(H,36,42)(H,37,39)/t20-,22-,24-,26+,27+,34-/m1/s1. The quantitative estimate of drug-likeness (QED) is 0.363. The molecule has 2 N–H and O–H groups in total. The summed E-state index contributed by atoms with van der Waals surface area (Å²) in [5, 5.41) is 7.18. The topological polar surface area (TPSA) is 155 Å². The molecule has 0 radical (unpaired) electrons. The van der Waals surface area contributed by atoms with Crippen molar-refractivity contribution >= 4 is 34.6 Å². The molecule has 5 rings (SSSR count). The van der Waals surface area contributed by atoms with Crippen molar-refractivity contribution in [2.24, 2.45) is 5.92 Å². The minimum absolute atomic E-state index is 0.0128. The number of esters is 1. The molecule has 47 heavy (non-hydrogen) atoms. The molecular formula is C34H44N4O9. The molecule has 1 aromatic carbocycles. The van der Waals surface area contributed by atoms with Crippen LogP contribution in [0, 0.1) is 5.92 Å². The molecule has 2 aromatic rings. The number of amides is 3. The van der Waals surface area contributed by atoms with Gasteiger partial charge < -0.3 is 39.2 Å². The smallest absolute Gasteiger partial charge is 0.408 e. The highest BCUT2D eigenvalue weighted by molar-refractivity contribution is 5.97. The van der Waals surface area contributed by atoms with Gasteiger partial charge in [-0.2, -0.15) is 0 Å². The number of nitrogens with zero attached hydrogens (tertiary/aromatic N) is 2. The molecule has 1 aliphatic carbocycles. The summed E-state index contributed by atoms with van der Waals surface area (Å²) in [6.07, 6.45) is 5.09. The van der Waals surface area contributed by atoms with Crippen LogP contribution in [0.4, 0.5) is 4.79 Å². The van der Waals surface area contributed by atoms with Crippen molar-refractivity contribution < 1.29 is 42.9 Å². The Balaban J connectivity index is 1.48. The Morgan fingerprint density at radius 2 is 1.96 bits per heavy atom. The zero-order valence-corrected chi connectivity index (χ0v) is 27.7. The Kier molecular flexibility index (Phi) is 9.94. The highest BCUT2D eigenvalue weighted by Crippen LogP contribution is 2.46. The van der Waals surface area contributed by atoms with Gasteiger partial charge in [0.05, 0.1) is 26.9 Å². The number of hydrogen-bond donors (Lipinski definition) is 2. The van der Waals surface area contributed by atoms with Crippen molar-refractivity contribution in [1.82, 2.24) is 20.5 Å². The number of allylic oxidation sites excluding steroid dienone is 1. The Labute approximate surface area is 274 Å². The van der Waals surface area contributed by atoms with Crippen molar-refractivity contribution in [2.45, 2.75) is 88.8 Å². The third-order valence-electron chi connectivity index (χ3n) is 8.64. The Bertz CT molecular complexity index is 1540. The lowest BCUT2D eigenvalue weighted by Gasteiger charge is -2.32. The van der Waals surface area contributed by atoms with E-state index in [-0.39, 0.29) is 18.9 Å². The van der Waals surface area contributed by atoms with E-state index in [4.69, 9.17) is 23.7 Å². The van der Waals surface area contributed by atoms with E-state index in [9.17, 15) is 19.2 Å². The number of ether oxygens (including phenoxy) is 5. The van der Waals surface area contributed by atoms with Crippen LogP contribution >= 0.6 is 0 Å². The molecule has 6 atom stereocenters. The summed E-state index contributed by atoms with van der Waals surface area (Å²) in [6, 6.07) is 5.12. The van der Waals surface area contributed by atoms with Gasteiger partial charge in [0.25, 0.3) is 0 Å². The first-order valence-electron chi connectivity index (χ1n) is 15.9. The van der Waals surface area contributed by atoms with Gasteiger partial charge >= 0.3 is 12.1 Å². The van der Waals surface area contributed by atoms with Gasteiger partial charge in [0.15, 0.2) is 0 Å². The van der Waals surface area contributed by atoms with E-state index in [1.807, 2.05) is 30.4 Å². The van der Waals surface area contributed by atoms with Crippen molar-refractivity contribution in [3.63, 3.8) is 0 Å². The first-order valence-corrected chi connectivity index (χ1v) is 15.9. The number of pyridine rings is 1. The largest absolute Gasteiger partial charge is 0.497 e. The molecule has 3 aliphatic rings. The number of fused-ring (bicyclic) bond motifs is 3. The second-order valence-corrected chi connectivity index (χ2v) is 13.2. The van der Waals surface area contributed by atoms with Crippen molar-refractivity contribution in [2.75, 3.05) is 27.4 Å². The first kappa shape index (κ1) is 34.0. The maximum absolute atomic E-state index is 14.4. The van der Waals surface area contributed by atoms with Gasteiger partial charge in [-0.15, -0.1) is 0 Å². The molecule has 3 amide bonds. The van der Waals surface area contributed by atoms with Crippen LogP contribution in [0.25, 0.3) is 10.8 Å². The van der Waals surface area contributed by atoms with Gasteiger partial charge in [0.2, 0.25) is 17.7 Å². The third kappa shape index (κ3) is 7.61. The lowest BCUT2D eigenvalue weighted by atomic mass is 10.1. The number of benzene rings is 1. The number of nitrogens with one attached hydrogen (secondary N) is 2. The van der Waals surface area contributed by atoms with Crippen molar-refractivity contribution in [3.05, 3.63) is 42.6 Å². The van der Waals surface area contributed by atoms with Crippen molar-refractivity contribution in [3.8, 4) is 11.6 Å². The molecule has 0 spiro atoms. The molecule has 254 valence electrons. The summed E-state index contributed by atoms with van der Waals surface area (Å²) in [5.41, 5.74) is -2.04. The van der Waals surface area contributed by atoms with Crippen LogP contribution in [0.5, 0.6) is 11.6 Å². The fraction of sp³-hybridized carbons (Fsp3) is 0.559. The summed E-state index contributed by atoms with van der Waals surface area (Å²) in [5.74, 6) is -0.857. The summed E-state index contributed by atoms with van der Waals surface area (Å²) in [6.45, 7) is 7.20. The summed E-state index contributed by atoms with van der Waals surface area (Å²) in [4.78, 5) is 60.1. The van der Waals surface area contributed by atoms with Crippen LogP contribution < -0.4 is 20.1 Å². The summed E-state index contributed by atoms with van der Waals surface area (Å²) < 4.78 is 28.3. The zero-order chi connectivity index (χ0) is 33.9. The predicted octanol–water partition coefficient (Wildman–Crippen LogP) is 3.29. The normalized spacial score (nSPS) is 28.2. The molecule has 13 heteroatoms. The maximum Gasteiger partial charge on any atom is 0.408 e. The van der Waals surface area contributed by atoms with Gasteiger partial charge in [-0.3, -0.25) is 9.59 Å². The summed E-state index contributed by atoms with van der Waals surface area (Å²) in [7, 11) is 2.87. The number of hydrogen-bond acceptors (Lipinski definition) is 10. The molecule has 13 nitrogen and oxygen atoms in total. The molecule has 2 aliphatic heterocycles. The van der Waals surface area contributed by atoms with Gasteiger partial charge in [-0.25, -0.2) is 14.6 Å². The molecular weight excluding hydrogens is 608 g/mol. The Morgan fingerprint density at radius 1 is 1.17 bits per heavy atom. The maximum atomic E-state index is 14.4. The van der Waals surface area contributed by atoms with E-state index in [2.05, 4.69) is 15.6 Å². The SMILES string of the molecule is COC(=O)[C@@]12C[C@H]1C=CCCCO[C@H](C)[C@H](NC(=O)OC(C)(C)C)C(=O)N1C[C@H](Oc3nccc4cc(OC)ccc34)C[C@H]1C(=O)N2. The zero-order valence-electron chi connectivity index (χ0n) is 27.7. The van der Waals surface area contributed by atoms with Crippen LogP contribution in [-0.2, 0) is 28.6 Å². The van der Waals surface area contributed by atoms with E-state index in [0.29, 0.717) is 37.5 Å². The van der Waals surface area contributed by atoms with Crippen LogP contribution in [0.2, 0.25) is 0 Å². The number of carbonyl (C=O) groups excluding carboxylic acids is 4. The minimum atomic E-state index is -1.23. The van der Waals surface area contributed by atoms with E-state index in [0.717, 1.165) is 10.8 Å². The lowest BCUT2D eigenvalue weighted by molar-refractivity contribution is -0.148. The van der Waals surface area contributed by atoms with Crippen LogP contribution in [0.3, 0.4) is 0 Å². The van der Waals surface area contributed by atoms with Gasteiger partial charge in [-0.05, 0) is 76.6 Å². The molecule has 1 aromatic heterocycles. The number of alkyl carbamates (subject to hydrolysis) is 1. The highest BCUT2D eigenvalue weighted by Gasteiger charge is 2.62. The van der Waals surface area contributed by atoms with E-state index in [1.54, 1.807) is 47.1 Å².